The van der Waals surface area contributed by atoms with Gasteiger partial charge in [0.05, 0.1) is 7.11 Å². The van der Waals surface area contributed by atoms with Gasteiger partial charge in [0.25, 0.3) is 0 Å². The Bertz CT molecular complexity index is 604. The van der Waals surface area contributed by atoms with Gasteiger partial charge in [0.15, 0.2) is 11.5 Å². The summed E-state index contributed by atoms with van der Waals surface area (Å²) in [5.41, 5.74) is 0.714. The first-order valence-electron chi connectivity index (χ1n) is 6.31. The number of aromatic nitrogens is 1. The summed E-state index contributed by atoms with van der Waals surface area (Å²) in [5, 5.41) is 3.87. The summed E-state index contributed by atoms with van der Waals surface area (Å²) < 4.78 is 34.3. The van der Waals surface area contributed by atoms with Crippen LogP contribution in [0.15, 0.2) is 24.4 Å². The molecule has 7 heteroatoms. The highest BCUT2D eigenvalue weighted by Crippen LogP contribution is 2.35. The monoisotopic (exact) mass is 314 g/mol. The van der Waals surface area contributed by atoms with Gasteiger partial charge in [0.1, 0.15) is 5.01 Å². The van der Waals surface area contributed by atoms with Gasteiger partial charge in [-0.05, 0) is 32.2 Å². The molecule has 0 aliphatic rings. The lowest BCUT2D eigenvalue weighted by molar-refractivity contribution is -0.0511. The Balaban J connectivity index is 2.33. The van der Waals surface area contributed by atoms with Crippen LogP contribution in [0.25, 0.3) is 10.6 Å². The fourth-order valence-electron chi connectivity index (χ4n) is 1.76. The van der Waals surface area contributed by atoms with Crippen molar-refractivity contribution >= 4 is 11.3 Å². The van der Waals surface area contributed by atoms with Gasteiger partial charge in [-0.1, -0.05) is 0 Å². The van der Waals surface area contributed by atoms with E-state index in [2.05, 4.69) is 15.0 Å². The number of alkyl halides is 2. The second-order valence-electron chi connectivity index (χ2n) is 4.32. The summed E-state index contributed by atoms with van der Waals surface area (Å²) in [7, 11) is 3.27. The van der Waals surface area contributed by atoms with Crippen LogP contribution in [0, 0.1) is 0 Å². The molecule has 1 heterocycles. The first-order valence-corrected chi connectivity index (χ1v) is 7.13. The van der Waals surface area contributed by atoms with Crippen molar-refractivity contribution in [1.82, 2.24) is 10.3 Å². The molecule has 0 fully saturated rings. The summed E-state index contributed by atoms with van der Waals surface area (Å²) in [4.78, 5) is 5.39. The SMILES string of the molecule is CNC(C)c1cnc(-c2ccc(OC)c(OC(F)F)c2)s1. The number of hydrogen-bond donors (Lipinski definition) is 1. The van der Waals surface area contributed by atoms with Gasteiger partial charge in [0.2, 0.25) is 0 Å². The first kappa shape index (κ1) is 15.7. The number of nitrogens with one attached hydrogen (secondary N) is 1. The molecule has 1 N–H and O–H groups in total. The molecule has 0 spiro atoms. The van der Waals surface area contributed by atoms with Crippen LogP contribution < -0.4 is 14.8 Å². The molecule has 1 aromatic carbocycles. The lowest BCUT2D eigenvalue weighted by Gasteiger charge is -2.10. The maximum atomic E-state index is 12.4. The molecule has 21 heavy (non-hydrogen) atoms. The van der Waals surface area contributed by atoms with Crippen LogP contribution in [-0.2, 0) is 0 Å². The number of ether oxygens (including phenoxy) is 2. The van der Waals surface area contributed by atoms with Crippen LogP contribution in [0.2, 0.25) is 0 Å². The van der Waals surface area contributed by atoms with Crippen molar-refractivity contribution in [3.05, 3.63) is 29.3 Å². The van der Waals surface area contributed by atoms with Crippen LogP contribution in [0.1, 0.15) is 17.8 Å². The summed E-state index contributed by atoms with van der Waals surface area (Å²) in [6.45, 7) is -0.873. The fraction of sp³-hybridized carbons (Fsp3) is 0.357. The highest BCUT2D eigenvalue weighted by atomic mass is 32.1. The van der Waals surface area contributed by atoms with Crippen molar-refractivity contribution in [1.29, 1.82) is 0 Å². The van der Waals surface area contributed by atoms with E-state index in [0.29, 0.717) is 5.56 Å². The summed E-state index contributed by atoms with van der Waals surface area (Å²) in [6.07, 6.45) is 1.78. The van der Waals surface area contributed by atoms with E-state index < -0.39 is 6.61 Å². The largest absolute Gasteiger partial charge is 0.493 e. The molecule has 1 atom stereocenters. The lowest BCUT2D eigenvalue weighted by atomic mass is 10.2. The Kier molecular flexibility index (Phi) is 5.08. The van der Waals surface area contributed by atoms with Crippen LogP contribution in [0.3, 0.4) is 0 Å². The van der Waals surface area contributed by atoms with Gasteiger partial charge in [-0.2, -0.15) is 8.78 Å². The van der Waals surface area contributed by atoms with E-state index in [4.69, 9.17) is 4.74 Å². The molecule has 2 aromatic rings. The highest BCUT2D eigenvalue weighted by Gasteiger charge is 2.14. The molecule has 0 radical (unpaired) electrons. The summed E-state index contributed by atoms with van der Waals surface area (Å²) >= 11 is 1.50. The number of rotatable bonds is 6. The maximum Gasteiger partial charge on any atom is 0.387 e. The van der Waals surface area contributed by atoms with Gasteiger partial charge < -0.3 is 14.8 Å². The van der Waals surface area contributed by atoms with Gasteiger partial charge in [-0.25, -0.2) is 4.98 Å². The zero-order chi connectivity index (χ0) is 15.4. The van der Waals surface area contributed by atoms with Crippen molar-refractivity contribution in [2.75, 3.05) is 14.2 Å². The number of nitrogens with zero attached hydrogens (tertiary/aromatic N) is 1. The van der Waals surface area contributed by atoms with Gasteiger partial charge in [-0.15, -0.1) is 11.3 Å². The molecule has 4 nitrogen and oxygen atoms in total. The van der Waals surface area contributed by atoms with E-state index in [1.807, 2.05) is 14.0 Å². The Morgan fingerprint density at radius 2 is 2.05 bits per heavy atom. The van der Waals surface area contributed by atoms with Crippen LogP contribution in [0.5, 0.6) is 11.5 Å². The Hall–Kier alpha value is -1.73. The number of methoxy groups -OCH3 is 1. The van der Waals surface area contributed by atoms with Gasteiger partial charge >= 0.3 is 6.61 Å². The number of hydrogen-bond acceptors (Lipinski definition) is 5. The van der Waals surface area contributed by atoms with E-state index in [0.717, 1.165) is 9.88 Å². The molecule has 0 bridgehead atoms. The van der Waals surface area contributed by atoms with Crippen molar-refractivity contribution < 1.29 is 18.3 Å². The fourth-order valence-corrected chi connectivity index (χ4v) is 2.73. The predicted octanol–water partition coefficient (Wildman–Crippen LogP) is 3.70. The third-order valence-corrected chi connectivity index (χ3v) is 4.24. The molecule has 1 unspecified atom stereocenters. The smallest absolute Gasteiger partial charge is 0.387 e. The van der Waals surface area contributed by atoms with Crippen LogP contribution in [0.4, 0.5) is 8.78 Å². The van der Waals surface area contributed by atoms with E-state index in [1.54, 1.807) is 18.3 Å². The minimum Gasteiger partial charge on any atom is -0.493 e. The summed E-state index contributed by atoms with van der Waals surface area (Å²) in [5.74, 6) is 0.267. The van der Waals surface area contributed by atoms with Crippen molar-refractivity contribution in [3.8, 4) is 22.1 Å². The quantitative estimate of drug-likeness (QED) is 0.883. The topological polar surface area (TPSA) is 43.4 Å². The first-order chi connectivity index (χ1) is 10.0. The zero-order valence-corrected chi connectivity index (χ0v) is 12.7. The molecule has 1 aromatic heterocycles. The predicted molar refractivity (Wildman–Crippen MR) is 78.2 cm³/mol. The molecule has 0 amide bonds. The molecule has 114 valence electrons. The number of halogens is 2. The molecule has 0 saturated heterocycles. The van der Waals surface area contributed by atoms with Crippen molar-refractivity contribution in [3.63, 3.8) is 0 Å². The maximum absolute atomic E-state index is 12.4. The van der Waals surface area contributed by atoms with E-state index in [1.165, 1.54) is 24.5 Å². The molecular formula is C14H16F2N2O2S. The molecule has 0 aliphatic carbocycles. The highest BCUT2D eigenvalue weighted by molar-refractivity contribution is 7.15. The molecular weight excluding hydrogens is 298 g/mol. The van der Waals surface area contributed by atoms with E-state index in [-0.39, 0.29) is 17.5 Å². The normalized spacial score (nSPS) is 12.5. The second-order valence-corrected chi connectivity index (χ2v) is 5.38. The third-order valence-electron chi connectivity index (χ3n) is 3.01. The summed E-state index contributed by atoms with van der Waals surface area (Å²) in [6, 6.07) is 5.06. The lowest BCUT2D eigenvalue weighted by Crippen LogP contribution is -2.10. The van der Waals surface area contributed by atoms with Crippen molar-refractivity contribution in [2.45, 2.75) is 19.6 Å². The second kappa shape index (κ2) is 6.82. The minimum absolute atomic E-state index is 0.00316. The number of thiazole rings is 1. The average molecular weight is 314 g/mol. The van der Waals surface area contributed by atoms with Gasteiger partial charge in [-0.3, -0.25) is 0 Å². The average Bonchev–Trinajstić information content (AvgIpc) is 2.95. The van der Waals surface area contributed by atoms with Gasteiger partial charge in [0, 0.05) is 22.7 Å². The van der Waals surface area contributed by atoms with Crippen molar-refractivity contribution in [2.24, 2.45) is 0 Å². The van der Waals surface area contributed by atoms with E-state index >= 15 is 0 Å². The van der Waals surface area contributed by atoms with Crippen LogP contribution >= 0.6 is 11.3 Å². The van der Waals surface area contributed by atoms with Crippen LogP contribution in [-0.4, -0.2) is 25.8 Å². The number of benzene rings is 1. The minimum atomic E-state index is -2.90. The standard InChI is InChI=1S/C14H16F2N2O2S/c1-8(17-2)12-7-18-13(21-12)9-4-5-10(19-3)11(6-9)20-14(15)16/h4-8,14,17H,1-3H3. The van der Waals surface area contributed by atoms with E-state index in [9.17, 15) is 8.78 Å². The molecule has 0 aliphatic heterocycles. The molecule has 0 saturated carbocycles. The Labute approximate surface area is 125 Å². The third kappa shape index (κ3) is 3.68. The molecule has 2 rings (SSSR count). The Morgan fingerprint density at radius 1 is 1.29 bits per heavy atom. The zero-order valence-electron chi connectivity index (χ0n) is 11.9. The Morgan fingerprint density at radius 3 is 2.67 bits per heavy atom.